The Balaban J connectivity index is 1.39. The molecule has 0 unspecified atom stereocenters. The van der Waals surface area contributed by atoms with E-state index in [1.807, 2.05) is 28.9 Å². The number of carbonyl (C=O) groups excluding carboxylic acids is 2. The van der Waals surface area contributed by atoms with E-state index in [1.54, 1.807) is 6.20 Å². The van der Waals surface area contributed by atoms with Crippen LogP contribution in [0.2, 0.25) is 0 Å². The molecule has 2 aliphatic heterocycles. The van der Waals surface area contributed by atoms with Crippen LogP contribution in [0.4, 0.5) is 0 Å². The van der Waals surface area contributed by atoms with Gasteiger partial charge in [0.05, 0.1) is 5.56 Å². The number of aromatic nitrogens is 1. The van der Waals surface area contributed by atoms with Crippen LogP contribution in [-0.4, -0.2) is 77.3 Å². The third-order valence-electron chi connectivity index (χ3n) is 6.00. The zero-order valence-electron chi connectivity index (χ0n) is 16.7. The lowest BCUT2D eigenvalue weighted by Gasteiger charge is -2.35. The maximum Gasteiger partial charge on any atom is 0.255 e. The standard InChI is InChI=1S/C21H32N4O2/c1-3-23-12-14-24(15-13-23)20(26)7-5-18-8-10-25(11-9-18)21(27)19-6-4-17(2)22-16-19/h4,6,16,18H,3,5,7-15H2,1-2H3. The number of likely N-dealkylation sites (tertiary alicyclic amines) is 1. The summed E-state index contributed by atoms with van der Waals surface area (Å²) < 4.78 is 0. The molecule has 1 aromatic heterocycles. The molecule has 2 saturated heterocycles. The minimum Gasteiger partial charge on any atom is -0.340 e. The molecule has 0 atom stereocenters. The number of amides is 2. The quantitative estimate of drug-likeness (QED) is 0.795. The van der Waals surface area contributed by atoms with Gasteiger partial charge in [-0.15, -0.1) is 0 Å². The molecular weight excluding hydrogens is 340 g/mol. The molecule has 0 saturated carbocycles. The summed E-state index contributed by atoms with van der Waals surface area (Å²) in [6.45, 7) is 10.4. The van der Waals surface area contributed by atoms with E-state index in [0.717, 1.165) is 70.8 Å². The summed E-state index contributed by atoms with van der Waals surface area (Å²) in [6.07, 6.45) is 5.23. The molecule has 0 aliphatic carbocycles. The molecule has 2 aliphatic rings. The number of hydrogen-bond acceptors (Lipinski definition) is 4. The number of likely N-dealkylation sites (N-methyl/N-ethyl adjacent to an activating group) is 1. The third kappa shape index (κ3) is 5.28. The van der Waals surface area contributed by atoms with Crippen LogP contribution in [-0.2, 0) is 4.79 Å². The number of nitrogens with zero attached hydrogens (tertiary/aromatic N) is 4. The molecule has 0 aromatic carbocycles. The van der Waals surface area contributed by atoms with Crippen molar-refractivity contribution in [3.63, 3.8) is 0 Å². The first-order chi connectivity index (χ1) is 13.1. The Morgan fingerprint density at radius 2 is 1.74 bits per heavy atom. The van der Waals surface area contributed by atoms with Crippen molar-refractivity contribution in [3.05, 3.63) is 29.6 Å². The van der Waals surface area contributed by atoms with Gasteiger partial charge in [-0.05, 0) is 50.8 Å². The Hall–Kier alpha value is -1.95. The van der Waals surface area contributed by atoms with Gasteiger partial charge in [0.1, 0.15) is 0 Å². The number of aryl methyl sites for hydroxylation is 1. The molecule has 0 bridgehead atoms. The largest absolute Gasteiger partial charge is 0.340 e. The van der Waals surface area contributed by atoms with E-state index in [-0.39, 0.29) is 5.91 Å². The fourth-order valence-electron chi connectivity index (χ4n) is 4.00. The Bertz CT molecular complexity index is 630. The van der Waals surface area contributed by atoms with Crippen molar-refractivity contribution in [1.82, 2.24) is 19.7 Å². The van der Waals surface area contributed by atoms with Gasteiger partial charge in [-0.3, -0.25) is 14.6 Å². The molecular formula is C21H32N4O2. The Kier molecular flexibility index (Phi) is 6.83. The van der Waals surface area contributed by atoms with Gasteiger partial charge in [0.2, 0.25) is 5.91 Å². The van der Waals surface area contributed by atoms with Crippen LogP contribution >= 0.6 is 0 Å². The Morgan fingerprint density at radius 3 is 2.33 bits per heavy atom. The van der Waals surface area contributed by atoms with Crippen LogP contribution < -0.4 is 0 Å². The average Bonchev–Trinajstić information content (AvgIpc) is 2.72. The predicted molar refractivity (Wildman–Crippen MR) is 106 cm³/mol. The first kappa shape index (κ1) is 19.8. The topological polar surface area (TPSA) is 56.8 Å². The van der Waals surface area contributed by atoms with Crippen molar-refractivity contribution in [2.75, 3.05) is 45.8 Å². The van der Waals surface area contributed by atoms with Crippen LogP contribution in [0.25, 0.3) is 0 Å². The van der Waals surface area contributed by atoms with Crippen molar-refractivity contribution >= 4 is 11.8 Å². The van der Waals surface area contributed by atoms with E-state index in [9.17, 15) is 9.59 Å². The fourth-order valence-corrected chi connectivity index (χ4v) is 4.00. The highest BCUT2D eigenvalue weighted by atomic mass is 16.2. The van der Waals surface area contributed by atoms with Crippen molar-refractivity contribution in [3.8, 4) is 0 Å². The van der Waals surface area contributed by atoms with Crippen molar-refractivity contribution in [2.24, 2.45) is 5.92 Å². The number of pyridine rings is 1. The minimum absolute atomic E-state index is 0.0748. The summed E-state index contributed by atoms with van der Waals surface area (Å²) >= 11 is 0. The first-order valence-corrected chi connectivity index (χ1v) is 10.3. The maximum absolute atomic E-state index is 12.6. The summed E-state index contributed by atoms with van der Waals surface area (Å²) in [5, 5.41) is 0. The summed E-state index contributed by atoms with van der Waals surface area (Å²) in [5.74, 6) is 0.923. The van der Waals surface area contributed by atoms with Crippen molar-refractivity contribution in [1.29, 1.82) is 0 Å². The van der Waals surface area contributed by atoms with E-state index in [0.29, 0.717) is 23.8 Å². The van der Waals surface area contributed by atoms with Gasteiger partial charge < -0.3 is 14.7 Å². The lowest BCUT2D eigenvalue weighted by molar-refractivity contribution is -0.133. The number of rotatable bonds is 5. The molecule has 2 fully saturated rings. The highest BCUT2D eigenvalue weighted by Crippen LogP contribution is 2.23. The predicted octanol–water partition coefficient (Wildman–Crippen LogP) is 2.19. The first-order valence-electron chi connectivity index (χ1n) is 10.3. The number of piperazine rings is 1. The molecule has 148 valence electrons. The second kappa shape index (κ2) is 9.31. The van der Waals surface area contributed by atoms with Gasteiger partial charge in [-0.1, -0.05) is 6.92 Å². The van der Waals surface area contributed by atoms with E-state index >= 15 is 0 Å². The van der Waals surface area contributed by atoms with Gasteiger partial charge in [-0.2, -0.15) is 0 Å². The molecule has 6 nitrogen and oxygen atoms in total. The Labute approximate surface area is 162 Å². The van der Waals surface area contributed by atoms with E-state index in [4.69, 9.17) is 0 Å². The zero-order chi connectivity index (χ0) is 19.2. The van der Waals surface area contributed by atoms with Gasteiger partial charge in [0.25, 0.3) is 5.91 Å². The van der Waals surface area contributed by atoms with Gasteiger partial charge in [-0.25, -0.2) is 0 Å². The molecule has 0 spiro atoms. The number of piperidine rings is 1. The van der Waals surface area contributed by atoms with Gasteiger partial charge in [0, 0.05) is 57.6 Å². The summed E-state index contributed by atoms with van der Waals surface area (Å²) in [5.41, 5.74) is 1.59. The molecule has 3 rings (SSSR count). The van der Waals surface area contributed by atoms with Crippen LogP contribution in [0.15, 0.2) is 18.3 Å². The van der Waals surface area contributed by atoms with Crippen LogP contribution in [0, 0.1) is 12.8 Å². The Morgan fingerprint density at radius 1 is 1.04 bits per heavy atom. The van der Waals surface area contributed by atoms with E-state index < -0.39 is 0 Å². The molecule has 0 N–H and O–H groups in total. The normalized spacial score (nSPS) is 19.3. The maximum atomic E-state index is 12.6. The molecule has 27 heavy (non-hydrogen) atoms. The molecule has 3 heterocycles. The van der Waals surface area contributed by atoms with Crippen LogP contribution in [0.1, 0.15) is 48.7 Å². The van der Waals surface area contributed by atoms with E-state index in [1.165, 1.54) is 0 Å². The lowest BCUT2D eigenvalue weighted by Crippen LogP contribution is -2.48. The summed E-state index contributed by atoms with van der Waals surface area (Å²) in [4.78, 5) is 35.6. The fraction of sp³-hybridized carbons (Fsp3) is 0.667. The van der Waals surface area contributed by atoms with E-state index in [2.05, 4.69) is 16.8 Å². The third-order valence-corrected chi connectivity index (χ3v) is 6.00. The average molecular weight is 373 g/mol. The van der Waals surface area contributed by atoms with Gasteiger partial charge >= 0.3 is 0 Å². The second-order valence-corrected chi connectivity index (χ2v) is 7.78. The van der Waals surface area contributed by atoms with Crippen molar-refractivity contribution in [2.45, 2.75) is 39.5 Å². The SMILES string of the molecule is CCN1CCN(C(=O)CCC2CCN(C(=O)c3ccc(C)nc3)CC2)CC1. The summed E-state index contributed by atoms with van der Waals surface area (Å²) in [7, 11) is 0. The second-order valence-electron chi connectivity index (χ2n) is 7.78. The minimum atomic E-state index is 0.0748. The number of hydrogen-bond donors (Lipinski definition) is 0. The van der Waals surface area contributed by atoms with Crippen LogP contribution in [0.3, 0.4) is 0 Å². The molecule has 0 radical (unpaired) electrons. The smallest absolute Gasteiger partial charge is 0.255 e. The molecule has 1 aromatic rings. The monoisotopic (exact) mass is 372 g/mol. The number of carbonyl (C=O) groups is 2. The van der Waals surface area contributed by atoms with Gasteiger partial charge in [0.15, 0.2) is 0 Å². The molecule has 6 heteroatoms. The zero-order valence-corrected chi connectivity index (χ0v) is 16.7. The highest BCUT2D eigenvalue weighted by molar-refractivity contribution is 5.94. The van der Waals surface area contributed by atoms with Crippen molar-refractivity contribution < 1.29 is 9.59 Å². The molecule has 2 amide bonds. The summed E-state index contributed by atoms with van der Waals surface area (Å²) in [6, 6.07) is 3.74. The highest BCUT2D eigenvalue weighted by Gasteiger charge is 2.25. The van der Waals surface area contributed by atoms with Crippen LogP contribution in [0.5, 0.6) is 0 Å². The lowest BCUT2D eigenvalue weighted by atomic mass is 9.91.